The number of ether oxygens (including phenoxy) is 2. The number of aromatic amines is 1. The standard InChI is InChI=1S/C15H20N6O4/c16-14-18-12-11(13(23)19-14)17-9-21(12)8-10(22)7-20-3-1-15(2-4-20)24-5-6-25-15/h9H,1-8H2,(H3,16,18,19,23). The molecule has 10 heteroatoms. The third-order valence-corrected chi connectivity index (χ3v) is 4.67. The second-order valence-corrected chi connectivity index (χ2v) is 6.42. The third kappa shape index (κ3) is 3.15. The average Bonchev–Trinajstić information content (AvgIpc) is 3.18. The Morgan fingerprint density at radius 2 is 2.00 bits per heavy atom. The van der Waals surface area contributed by atoms with Gasteiger partial charge in [0.05, 0.1) is 32.6 Å². The number of piperidine rings is 1. The van der Waals surface area contributed by atoms with Crippen molar-refractivity contribution in [2.75, 3.05) is 38.6 Å². The van der Waals surface area contributed by atoms with E-state index in [9.17, 15) is 9.59 Å². The Morgan fingerprint density at radius 1 is 1.28 bits per heavy atom. The lowest BCUT2D eigenvalue weighted by Gasteiger charge is -2.37. The molecule has 2 aromatic rings. The molecule has 1 spiro atoms. The molecule has 0 aromatic carbocycles. The van der Waals surface area contributed by atoms with Crippen LogP contribution in [0.4, 0.5) is 5.95 Å². The Labute approximate surface area is 142 Å². The highest BCUT2D eigenvalue weighted by Crippen LogP contribution is 2.31. The number of ketones is 1. The van der Waals surface area contributed by atoms with E-state index in [0.29, 0.717) is 25.4 Å². The summed E-state index contributed by atoms with van der Waals surface area (Å²) in [5.41, 5.74) is 5.65. The van der Waals surface area contributed by atoms with Crippen molar-refractivity contribution >= 4 is 22.9 Å². The Balaban J connectivity index is 1.39. The summed E-state index contributed by atoms with van der Waals surface area (Å²) in [6.07, 6.45) is 2.97. The number of likely N-dealkylation sites (tertiary alicyclic amines) is 1. The Bertz CT molecular complexity index is 843. The van der Waals surface area contributed by atoms with Crippen molar-refractivity contribution in [2.24, 2.45) is 0 Å². The Morgan fingerprint density at radius 3 is 2.72 bits per heavy atom. The lowest BCUT2D eigenvalue weighted by atomic mass is 10.0. The van der Waals surface area contributed by atoms with Crippen LogP contribution in [-0.4, -0.2) is 68.8 Å². The molecule has 2 aromatic heterocycles. The first-order valence-corrected chi connectivity index (χ1v) is 8.27. The van der Waals surface area contributed by atoms with Gasteiger partial charge in [-0.2, -0.15) is 4.98 Å². The summed E-state index contributed by atoms with van der Waals surface area (Å²) >= 11 is 0. The van der Waals surface area contributed by atoms with Gasteiger partial charge in [-0.3, -0.25) is 19.5 Å². The predicted octanol–water partition coefficient (Wildman–Crippen LogP) is -0.890. The fraction of sp³-hybridized carbons (Fsp3) is 0.600. The number of carbonyl (C=O) groups excluding carboxylic acids is 1. The number of carbonyl (C=O) groups is 1. The predicted molar refractivity (Wildman–Crippen MR) is 87.9 cm³/mol. The fourth-order valence-electron chi connectivity index (χ4n) is 3.41. The van der Waals surface area contributed by atoms with Gasteiger partial charge >= 0.3 is 0 Å². The zero-order valence-corrected chi connectivity index (χ0v) is 13.7. The summed E-state index contributed by atoms with van der Waals surface area (Å²) in [5.74, 6) is -0.420. The van der Waals surface area contributed by atoms with Crippen LogP contribution in [0, 0.1) is 0 Å². The fourth-order valence-corrected chi connectivity index (χ4v) is 3.41. The number of fused-ring (bicyclic) bond motifs is 1. The van der Waals surface area contributed by atoms with Gasteiger partial charge in [0.1, 0.15) is 0 Å². The summed E-state index contributed by atoms with van der Waals surface area (Å²) in [6.45, 7) is 3.21. The number of H-pyrrole nitrogens is 1. The Hall–Kier alpha value is -2.30. The number of aromatic nitrogens is 4. The van der Waals surface area contributed by atoms with E-state index in [1.54, 1.807) is 4.57 Å². The van der Waals surface area contributed by atoms with E-state index in [2.05, 4.69) is 19.9 Å². The molecule has 2 fully saturated rings. The number of imidazole rings is 1. The number of nitrogen functional groups attached to an aromatic ring is 1. The van der Waals surface area contributed by atoms with Crippen LogP contribution >= 0.6 is 0 Å². The molecule has 3 N–H and O–H groups in total. The Kier molecular flexibility index (Phi) is 4.02. The van der Waals surface area contributed by atoms with Crippen LogP contribution in [0.1, 0.15) is 12.8 Å². The van der Waals surface area contributed by atoms with Crippen LogP contribution in [0.3, 0.4) is 0 Å². The molecule has 0 bridgehead atoms. The largest absolute Gasteiger partial charge is 0.369 e. The summed E-state index contributed by atoms with van der Waals surface area (Å²) in [5, 5.41) is 0. The van der Waals surface area contributed by atoms with Crippen LogP contribution < -0.4 is 11.3 Å². The molecular weight excluding hydrogens is 328 g/mol. The van der Waals surface area contributed by atoms with Gasteiger partial charge in [0.15, 0.2) is 22.7 Å². The normalized spacial score (nSPS) is 20.5. The highest BCUT2D eigenvalue weighted by Gasteiger charge is 2.39. The minimum Gasteiger partial charge on any atom is -0.369 e. The van der Waals surface area contributed by atoms with Gasteiger partial charge in [0.2, 0.25) is 5.95 Å². The maximum Gasteiger partial charge on any atom is 0.280 e. The number of hydrogen-bond donors (Lipinski definition) is 2. The number of nitrogens with one attached hydrogen (secondary N) is 1. The van der Waals surface area contributed by atoms with Crippen molar-refractivity contribution in [2.45, 2.75) is 25.2 Å². The maximum atomic E-state index is 12.4. The van der Waals surface area contributed by atoms with Gasteiger partial charge in [0.25, 0.3) is 5.56 Å². The van der Waals surface area contributed by atoms with Gasteiger partial charge in [-0.05, 0) is 0 Å². The summed E-state index contributed by atoms with van der Waals surface area (Å²) in [7, 11) is 0. The van der Waals surface area contributed by atoms with Crippen molar-refractivity contribution in [1.82, 2.24) is 24.4 Å². The average molecular weight is 348 g/mol. The first-order valence-electron chi connectivity index (χ1n) is 8.27. The van der Waals surface area contributed by atoms with E-state index >= 15 is 0 Å². The number of anilines is 1. The minimum atomic E-state index is -0.442. The minimum absolute atomic E-state index is 0.00425. The van der Waals surface area contributed by atoms with Crippen LogP contribution in [0.5, 0.6) is 0 Å². The molecular formula is C15H20N6O4. The van der Waals surface area contributed by atoms with Crippen LogP contribution in [0.2, 0.25) is 0 Å². The molecule has 2 aliphatic rings. The first kappa shape index (κ1) is 16.2. The SMILES string of the molecule is Nc1nc2c(ncn2CC(=O)CN2CCC3(CC2)OCCO3)c(=O)[nH]1. The number of nitrogens with two attached hydrogens (primary N) is 1. The molecule has 0 amide bonds. The zero-order valence-electron chi connectivity index (χ0n) is 13.7. The van der Waals surface area contributed by atoms with Gasteiger partial charge in [-0.25, -0.2) is 4.98 Å². The van der Waals surface area contributed by atoms with Crippen molar-refractivity contribution in [3.05, 3.63) is 16.7 Å². The van der Waals surface area contributed by atoms with Crippen molar-refractivity contribution in [3.63, 3.8) is 0 Å². The van der Waals surface area contributed by atoms with Crippen LogP contribution in [0.15, 0.2) is 11.1 Å². The molecule has 25 heavy (non-hydrogen) atoms. The van der Waals surface area contributed by atoms with Gasteiger partial charge < -0.3 is 19.8 Å². The molecule has 4 rings (SSSR count). The highest BCUT2D eigenvalue weighted by atomic mass is 16.7. The van der Waals surface area contributed by atoms with Gasteiger partial charge in [-0.15, -0.1) is 0 Å². The molecule has 0 aliphatic carbocycles. The van der Waals surface area contributed by atoms with E-state index in [-0.39, 0.29) is 23.8 Å². The molecule has 0 unspecified atom stereocenters. The lowest BCUT2D eigenvalue weighted by Crippen LogP contribution is -2.46. The van der Waals surface area contributed by atoms with Crippen molar-refractivity contribution in [1.29, 1.82) is 0 Å². The van der Waals surface area contributed by atoms with E-state index in [1.165, 1.54) is 6.33 Å². The van der Waals surface area contributed by atoms with Crippen LogP contribution in [-0.2, 0) is 20.8 Å². The maximum absolute atomic E-state index is 12.4. The topological polar surface area (TPSA) is 128 Å². The quantitative estimate of drug-likeness (QED) is 0.728. The second-order valence-electron chi connectivity index (χ2n) is 6.42. The first-order chi connectivity index (χ1) is 12.0. The van der Waals surface area contributed by atoms with Crippen molar-refractivity contribution in [3.8, 4) is 0 Å². The lowest BCUT2D eigenvalue weighted by molar-refractivity contribution is -0.185. The molecule has 10 nitrogen and oxygen atoms in total. The molecule has 2 saturated heterocycles. The molecule has 0 atom stereocenters. The monoisotopic (exact) mass is 348 g/mol. The molecule has 134 valence electrons. The summed E-state index contributed by atoms with van der Waals surface area (Å²) in [4.78, 5) is 36.7. The summed E-state index contributed by atoms with van der Waals surface area (Å²) in [6, 6.07) is 0. The van der Waals surface area contributed by atoms with Crippen LogP contribution in [0.25, 0.3) is 11.2 Å². The number of Topliss-reactive ketones (excluding diaryl/α,β-unsaturated/α-hetero) is 1. The molecule has 0 radical (unpaired) electrons. The van der Waals surface area contributed by atoms with E-state index < -0.39 is 11.3 Å². The second kappa shape index (κ2) is 6.21. The number of rotatable bonds is 4. The third-order valence-electron chi connectivity index (χ3n) is 4.67. The smallest absolute Gasteiger partial charge is 0.280 e. The number of hydrogen-bond acceptors (Lipinski definition) is 8. The van der Waals surface area contributed by atoms with Crippen molar-refractivity contribution < 1.29 is 14.3 Å². The molecule has 0 saturated carbocycles. The van der Waals surface area contributed by atoms with Gasteiger partial charge in [-0.1, -0.05) is 0 Å². The summed E-state index contributed by atoms with van der Waals surface area (Å²) < 4.78 is 12.9. The van der Waals surface area contributed by atoms with E-state index in [0.717, 1.165) is 25.9 Å². The number of nitrogens with zero attached hydrogens (tertiary/aromatic N) is 4. The van der Waals surface area contributed by atoms with E-state index in [1.807, 2.05) is 0 Å². The zero-order chi connectivity index (χ0) is 17.4. The van der Waals surface area contributed by atoms with Gasteiger partial charge in [0, 0.05) is 25.9 Å². The molecule has 4 heterocycles. The molecule has 2 aliphatic heterocycles. The van der Waals surface area contributed by atoms with E-state index in [4.69, 9.17) is 15.2 Å². The highest BCUT2D eigenvalue weighted by molar-refractivity contribution is 5.82.